The summed E-state index contributed by atoms with van der Waals surface area (Å²) in [6.07, 6.45) is -4.26. The van der Waals surface area contributed by atoms with Gasteiger partial charge in [-0.25, -0.2) is 9.59 Å². The molecule has 10 heteroatoms. The predicted molar refractivity (Wildman–Crippen MR) is 80.5 cm³/mol. The highest BCUT2D eigenvalue weighted by Crippen LogP contribution is 1.99. The Balaban J connectivity index is 4.59. The first-order valence-electron chi connectivity index (χ1n) is 7.45. The highest BCUT2D eigenvalue weighted by molar-refractivity contribution is 5.94. The molecule has 4 atom stereocenters. The fraction of sp³-hybridized carbons (Fsp3) is 0.714. The lowest BCUT2D eigenvalue weighted by Crippen LogP contribution is -2.54. The number of hydrogen-bond acceptors (Lipinski definition) is 8. The highest BCUT2D eigenvalue weighted by atomic mass is 16.5. The average molecular weight is 348 g/mol. The smallest absolute Gasteiger partial charge is 0.328 e. The molecular weight excluding hydrogens is 324 g/mol. The van der Waals surface area contributed by atoms with Crippen molar-refractivity contribution in [1.29, 1.82) is 0 Å². The van der Waals surface area contributed by atoms with Gasteiger partial charge in [-0.15, -0.1) is 0 Å². The first-order chi connectivity index (χ1) is 11.1. The Kier molecular flexibility index (Phi) is 9.58. The van der Waals surface area contributed by atoms with Gasteiger partial charge in [0.2, 0.25) is 0 Å². The zero-order valence-electron chi connectivity index (χ0n) is 14.1. The van der Waals surface area contributed by atoms with Crippen LogP contribution in [-0.4, -0.2) is 71.5 Å². The van der Waals surface area contributed by atoms with Crippen LogP contribution in [0.2, 0.25) is 0 Å². The zero-order valence-corrected chi connectivity index (χ0v) is 14.1. The van der Waals surface area contributed by atoms with Crippen LogP contribution in [0.5, 0.6) is 0 Å². The third-order valence-corrected chi connectivity index (χ3v) is 2.83. The van der Waals surface area contributed by atoms with E-state index in [0.29, 0.717) is 0 Å². The van der Waals surface area contributed by atoms with Gasteiger partial charge in [-0.1, -0.05) is 0 Å². The first kappa shape index (κ1) is 21.8. The number of rotatable bonds is 9. The van der Waals surface area contributed by atoms with E-state index in [0.717, 1.165) is 0 Å². The standard InChI is InChI=1S/C14H24N2O8/c1-5-23-13(21)7(3)15-11(19)9(17)10(18)12(20)16-8(4)14(22)24-6-2/h7-10,17-18H,5-6H2,1-4H3,(H,15,19)(H,16,20)/t7-,8-,9-,10-/m0/s1. The summed E-state index contributed by atoms with van der Waals surface area (Å²) in [6, 6.07) is -2.14. The van der Waals surface area contributed by atoms with Crippen molar-refractivity contribution in [3.05, 3.63) is 0 Å². The third-order valence-electron chi connectivity index (χ3n) is 2.83. The van der Waals surface area contributed by atoms with E-state index in [1.54, 1.807) is 13.8 Å². The average Bonchev–Trinajstić information content (AvgIpc) is 2.53. The van der Waals surface area contributed by atoms with Gasteiger partial charge in [-0.3, -0.25) is 9.59 Å². The van der Waals surface area contributed by atoms with Gasteiger partial charge in [0.15, 0.2) is 12.2 Å². The van der Waals surface area contributed by atoms with Crippen LogP contribution in [0.4, 0.5) is 0 Å². The molecule has 0 rings (SSSR count). The minimum absolute atomic E-state index is 0.110. The van der Waals surface area contributed by atoms with Crippen LogP contribution < -0.4 is 10.6 Å². The van der Waals surface area contributed by atoms with Gasteiger partial charge in [-0.05, 0) is 27.7 Å². The van der Waals surface area contributed by atoms with Gasteiger partial charge in [0.05, 0.1) is 13.2 Å². The quantitative estimate of drug-likeness (QED) is 0.344. The summed E-state index contributed by atoms with van der Waals surface area (Å²) in [6.45, 7) is 6.02. The van der Waals surface area contributed by atoms with Gasteiger partial charge in [-0.2, -0.15) is 0 Å². The van der Waals surface area contributed by atoms with Crippen molar-refractivity contribution >= 4 is 23.8 Å². The monoisotopic (exact) mass is 348 g/mol. The summed E-state index contributed by atoms with van der Waals surface area (Å²) in [5, 5.41) is 23.6. The van der Waals surface area contributed by atoms with Crippen molar-refractivity contribution in [2.45, 2.75) is 52.0 Å². The molecule has 0 saturated heterocycles. The first-order valence-corrected chi connectivity index (χ1v) is 7.45. The Morgan fingerprint density at radius 2 is 1.08 bits per heavy atom. The van der Waals surface area contributed by atoms with Crippen LogP contribution >= 0.6 is 0 Å². The highest BCUT2D eigenvalue weighted by Gasteiger charge is 2.33. The summed E-state index contributed by atoms with van der Waals surface area (Å²) < 4.78 is 9.33. The maximum absolute atomic E-state index is 11.7. The van der Waals surface area contributed by atoms with E-state index in [4.69, 9.17) is 0 Å². The number of ether oxygens (including phenoxy) is 2. The number of carbonyl (C=O) groups excluding carboxylic acids is 4. The molecule has 0 aliphatic carbocycles. The van der Waals surface area contributed by atoms with Crippen LogP contribution in [0.1, 0.15) is 27.7 Å². The van der Waals surface area contributed by atoms with Gasteiger partial charge >= 0.3 is 11.9 Å². The van der Waals surface area contributed by atoms with E-state index in [1.807, 2.05) is 0 Å². The maximum atomic E-state index is 11.7. The van der Waals surface area contributed by atoms with Crippen LogP contribution in [0.15, 0.2) is 0 Å². The second-order valence-electron chi connectivity index (χ2n) is 4.85. The van der Waals surface area contributed by atoms with Crippen molar-refractivity contribution in [1.82, 2.24) is 10.6 Å². The molecule has 2 amide bonds. The van der Waals surface area contributed by atoms with Crippen LogP contribution in [0.3, 0.4) is 0 Å². The van der Waals surface area contributed by atoms with E-state index in [9.17, 15) is 29.4 Å². The lowest BCUT2D eigenvalue weighted by atomic mass is 10.1. The van der Waals surface area contributed by atoms with E-state index in [1.165, 1.54) is 13.8 Å². The second kappa shape index (κ2) is 10.6. The Morgan fingerprint density at radius 1 is 0.792 bits per heavy atom. The topological polar surface area (TPSA) is 151 Å². The molecule has 0 spiro atoms. The zero-order chi connectivity index (χ0) is 18.9. The molecule has 0 aromatic rings. The molecular formula is C14H24N2O8. The second-order valence-corrected chi connectivity index (χ2v) is 4.85. The molecule has 0 radical (unpaired) electrons. The Bertz CT molecular complexity index is 426. The fourth-order valence-electron chi connectivity index (χ4n) is 1.54. The summed E-state index contributed by atoms with van der Waals surface area (Å²) in [4.78, 5) is 46.2. The Hall–Kier alpha value is -2.20. The summed E-state index contributed by atoms with van der Waals surface area (Å²) in [7, 11) is 0. The Morgan fingerprint density at radius 3 is 1.33 bits per heavy atom. The number of amides is 2. The normalized spacial score (nSPS) is 15.4. The van der Waals surface area contributed by atoms with Crippen molar-refractivity contribution in [3.63, 3.8) is 0 Å². The lowest BCUT2D eigenvalue weighted by molar-refractivity contribution is -0.153. The number of hydrogen-bond donors (Lipinski definition) is 4. The number of aliphatic hydroxyl groups is 2. The van der Waals surface area contributed by atoms with Gasteiger partial charge < -0.3 is 30.3 Å². The summed E-state index contributed by atoms with van der Waals surface area (Å²) >= 11 is 0. The molecule has 0 bridgehead atoms. The number of carbonyl (C=O) groups is 4. The molecule has 4 N–H and O–H groups in total. The minimum atomic E-state index is -2.13. The van der Waals surface area contributed by atoms with Crippen molar-refractivity contribution in [2.24, 2.45) is 0 Å². The lowest BCUT2D eigenvalue weighted by Gasteiger charge is -2.20. The molecule has 10 nitrogen and oxygen atoms in total. The van der Waals surface area contributed by atoms with E-state index < -0.39 is 48.0 Å². The third kappa shape index (κ3) is 6.92. The molecule has 0 unspecified atom stereocenters. The van der Waals surface area contributed by atoms with Crippen molar-refractivity contribution in [2.75, 3.05) is 13.2 Å². The van der Waals surface area contributed by atoms with Crippen LogP contribution in [0, 0.1) is 0 Å². The van der Waals surface area contributed by atoms with Crippen LogP contribution in [0.25, 0.3) is 0 Å². The molecule has 0 fully saturated rings. The molecule has 138 valence electrons. The largest absolute Gasteiger partial charge is 0.464 e. The molecule has 0 heterocycles. The van der Waals surface area contributed by atoms with Gasteiger partial charge in [0.1, 0.15) is 12.1 Å². The van der Waals surface area contributed by atoms with E-state index >= 15 is 0 Å². The number of nitrogens with one attached hydrogen (secondary N) is 2. The molecule has 0 aliphatic rings. The molecule has 0 aliphatic heterocycles. The predicted octanol–water partition coefficient (Wildman–Crippen LogP) is -2.16. The molecule has 0 aromatic carbocycles. The fourth-order valence-corrected chi connectivity index (χ4v) is 1.54. The maximum Gasteiger partial charge on any atom is 0.328 e. The number of aliphatic hydroxyl groups excluding tert-OH is 2. The van der Waals surface area contributed by atoms with Crippen molar-refractivity contribution in [3.8, 4) is 0 Å². The SMILES string of the molecule is CCOC(=O)[C@H](C)NC(=O)[C@@H](O)[C@H](O)C(=O)N[C@@H](C)C(=O)OCC. The Labute approximate surface area is 139 Å². The molecule has 0 saturated carbocycles. The summed E-state index contributed by atoms with van der Waals surface area (Å²) in [5.74, 6) is -3.73. The van der Waals surface area contributed by atoms with Crippen molar-refractivity contribution < 1.29 is 38.9 Å². The van der Waals surface area contributed by atoms with E-state index in [2.05, 4.69) is 20.1 Å². The van der Waals surface area contributed by atoms with Gasteiger partial charge in [0, 0.05) is 0 Å². The molecule has 24 heavy (non-hydrogen) atoms. The van der Waals surface area contributed by atoms with E-state index in [-0.39, 0.29) is 13.2 Å². The van der Waals surface area contributed by atoms with Gasteiger partial charge in [0.25, 0.3) is 11.8 Å². The minimum Gasteiger partial charge on any atom is -0.464 e. The number of esters is 2. The molecule has 0 aromatic heterocycles. The van der Waals surface area contributed by atoms with Crippen LogP contribution in [-0.2, 0) is 28.7 Å². The summed E-state index contributed by atoms with van der Waals surface area (Å²) in [5.41, 5.74) is 0.